The van der Waals surface area contributed by atoms with Crippen LogP contribution in [-0.4, -0.2) is 9.91 Å². The highest BCUT2D eigenvalue weighted by molar-refractivity contribution is 7.10. The molecule has 17 heavy (non-hydrogen) atoms. The van der Waals surface area contributed by atoms with E-state index in [4.69, 9.17) is 0 Å². The monoisotopic (exact) mass is 249 g/mol. The Balaban J connectivity index is 2.00. The van der Waals surface area contributed by atoms with Crippen molar-refractivity contribution in [2.24, 2.45) is 0 Å². The molecular formula is C11H11N3O2S. The molecule has 0 atom stereocenters. The van der Waals surface area contributed by atoms with Gasteiger partial charge in [-0.3, -0.25) is 0 Å². The van der Waals surface area contributed by atoms with E-state index in [1.165, 1.54) is 22.7 Å². The van der Waals surface area contributed by atoms with Crippen LogP contribution in [0.1, 0.15) is 10.4 Å². The zero-order chi connectivity index (χ0) is 12.3. The predicted octanol–water partition coefficient (Wildman–Crippen LogP) is 2.97. The molecule has 0 aliphatic rings. The van der Waals surface area contributed by atoms with Crippen molar-refractivity contribution in [1.82, 2.24) is 4.98 Å². The molecule has 2 rings (SSSR count). The van der Waals surface area contributed by atoms with Crippen molar-refractivity contribution in [3.63, 3.8) is 0 Å². The van der Waals surface area contributed by atoms with Crippen LogP contribution in [0.15, 0.2) is 29.8 Å². The second kappa shape index (κ2) is 4.92. The molecule has 2 aromatic rings. The van der Waals surface area contributed by atoms with Crippen LogP contribution in [-0.2, 0) is 6.54 Å². The molecule has 5 nitrogen and oxygen atoms in total. The lowest BCUT2D eigenvalue weighted by atomic mass is 10.3. The van der Waals surface area contributed by atoms with E-state index in [0.717, 1.165) is 5.69 Å². The lowest BCUT2D eigenvalue weighted by Gasteiger charge is -2.03. The molecule has 0 fully saturated rings. The summed E-state index contributed by atoms with van der Waals surface area (Å²) in [6.07, 6.45) is 1.47. The summed E-state index contributed by atoms with van der Waals surface area (Å²) in [6, 6.07) is 5.12. The minimum Gasteiger partial charge on any atom is -0.377 e. The van der Waals surface area contributed by atoms with Crippen LogP contribution >= 0.6 is 11.3 Å². The molecule has 0 unspecified atom stereocenters. The van der Waals surface area contributed by atoms with Crippen LogP contribution in [0.5, 0.6) is 0 Å². The number of rotatable bonds is 4. The van der Waals surface area contributed by atoms with Crippen molar-refractivity contribution >= 4 is 22.8 Å². The van der Waals surface area contributed by atoms with Gasteiger partial charge in [0.15, 0.2) is 6.20 Å². The number of nitrogens with zero attached hydrogens (tertiary/aromatic N) is 2. The van der Waals surface area contributed by atoms with Crippen LogP contribution in [0.25, 0.3) is 0 Å². The molecule has 0 bridgehead atoms. The van der Waals surface area contributed by atoms with E-state index in [9.17, 15) is 10.1 Å². The normalized spacial score (nSPS) is 10.2. The SMILES string of the molecule is Cc1ccsc1CNc1ccc([N+](=O)[O-])nc1. The van der Waals surface area contributed by atoms with Crippen LogP contribution in [0.2, 0.25) is 0 Å². The van der Waals surface area contributed by atoms with E-state index in [2.05, 4.69) is 23.3 Å². The lowest BCUT2D eigenvalue weighted by molar-refractivity contribution is -0.389. The summed E-state index contributed by atoms with van der Waals surface area (Å²) in [5.41, 5.74) is 2.03. The average molecular weight is 249 g/mol. The van der Waals surface area contributed by atoms with Gasteiger partial charge in [0, 0.05) is 17.5 Å². The maximum atomic E-state index is 10.4. The Labute approximate surface area is 102 Å². The topological polar surface area (TPSA) is 68.1 Å². The van der Waals surface area contributed by atoms with Gasteiger partial charge in [0.2, 0.25) is 0 Å². The van der Waals surface area contributed by atoms with E-state index >= 15 is 0 Å². The largest absolute Gasteiger partial charge is 0.377 e. The third-order valence-corrected chi connectivity index (χ3v) is 3.38. The van der Waals surface area contributed by atoms with Gasteiger partial charge in [0.05, 0.1) is 5.69 Å². The van der Waals surface area contributed by atoms with Crippen molar-refractivity contribution < 1.29 is 4.92 Å². The second-order valence-electron chi connectivity index (χ2n) is 3.54. The van der Waals surface area contributed by atoms with Crippen molar-refractivity contribution in [1.29, 1.82) is 0 Å². The van der Waals surface area contributed by atoms with Gasteiger partial charge in [-0.05, 0) is 39.9 Å². The first kappa shape index (κ1) is 11.5. The number of pyridine rings is 1. The van der Waals surface area contributed by atoms with Crippen LogP contribution in [0.3, 0.4) is 0 Å². The third kappa shape index (κ3) is 2.79. The van der Waals surface area contributed by atoms with Gasteiger partial charge in [-0.25, -0.2) is 0 Å². The predicted molar refractivity (Wildman–Crippen MR) is 67.3 cm³/mol. The fourth-order valence-electron chi connectivity index (χ4n) is 1.37. The van der Waals surface area contributed by atoms with Gasteiger partial charge in [-0.1, -0.05) is 0 Å². The highest BCUT2D eigenvalue weighted by Gasteiger charge is 2.06. The first-order valence-electron chi connectivity index (χ1n) is 5.04. The summed E-state index contributed by atoms with van der Waals surface area (Å²) in [5, 5.41) is 15.6. The number of anilines is 1. The van der Waals surface area contributed by atoms with E-state index in [1.54, 1.807) is 17.4 Å². The number of hydrogen-bond donors (Lipinski definition) is 1. The molecule has 0 spiro atoms. The zero-order valence-corrected chi connectivity index (χ0v) is 10.0. The summed E-state index contributed by atoms with van der Waals surface area (Å²) in [5.74, 6) is -0.136. The Morgan fingerprint density at radius 1 is 1.47 bits per heavy atom. The summed E-state index contributed by atoms with van der Waals surface area (Å²) < 4.78 is 0. The van der Waals surface area contributed by atoms with Gasteiger partial charge >= 0.3 is 5.82 Å². The standard InChI is InChI=1S/C11H11N3O2S/c1-8-4-5-17-10(8)7-12-9-2-3-11(13-6-9)14(15)16/h2-6,12H,7H2,1H3. The Bertz CT molecular complexity index is 522. The molecule has 0 radical (unpaired) electrons. The van der Waals surface area contributed by atoms with Gasteiger partial charge in [-0.15, -0.1) is 11.3 Å². The van der Waals surface area contributed by atoms with Crippen molar-refractivity contribution in [2.75, 3.05) is 5.32 Å². The van der Waals surface area contributed by atoms with Gasteiger partial charge in [0.25, 0.3) is 0 Å². The van der Waals surface area contributed by atoms with Crippen LogP contribution in [0.4, 0.5) is 11.5 Å². The zero-order valence-electron chi connectivity index (χ0n) is 9.21. The molecule has 0 saturated heterocycles. The molecule has 6 heteroatoms. The summed E-state index contributed by atoms with van der Waals surface area (Å²) >= 11 is 1.69. The fraction of sp³-hybridized carbons (Fsp3) is 0.182. The molecule has 2 aromatic heterocycles. The molecule has 0 saturated carbocycles. The second-order valence-corrected chi connectivity index (χ2v) is 4.54. The Kier molecular flexibility index (Phi) is 3.34. The number of hydrogen-bond acceptors (Lipinski definition) is 5. The van der Waals surface area contributed by atoms with Crippen molar-refractivity contribution in [3.05, 3.63) is 50.3 Å². The quantitative estimate of drug-likeness (QED) is 0.668. The van der Waals surface area contributed by atoms with E-state index in [0.29, 0.717) is 6.54 Å². The summed E-state index contributed by atoms with van der Waals surface area (Å²) in [7, 11) is 0. The summed E-state index contributed by atoms with van der Waals surface area (Å²) in [6.45, 7) is 2.77. The maximum Gasteiger partial charge on any atom is 0.363 e. The highest BCUT2D eigenvalue weighted by Crippen LogP contribution is 2.18. The molecule has 88 valence electrons. The smallest absolute Gasteiger partial charge is 0.363 e. The maximum absolute atomic E-state index is 10.4. The van der Waals surface area contributed by atoms with Crippen molar-refractivity contribution in [3.8, 4) is 0 Å². The molecule has 0 aliphatic carbocycles. The minimum atomic E-state index is -0.507. The molecule has 2 heterocycles. The number of aryl methyl sites for hydroxylation is 1. The van der Waals surface area contributed by atoms with Crippen LogP contribution < -0.4 is 5.32 Å². The van der Waals surface area contributed by atoms with Gasteiger partial charge in [0.1, 0.15) is 0 Å². The average Bonchev–Trinajstić information content (AvgIpc) is 2.73. The molecule has 1 N–H and O–H groups in total. The third-order valence-electron chi connectivity index (χ3n) is 2.36. The lowest BCUT2D eigenvalue weighted by Crippen LogP contribution is -2.00. The minimum absolute atomic E-state index is 0.136. The van der Waals surface area contributed by atoms with Gasteiger partial charge < -0.3 is 15.4 Å². The first-order valence-corrected chi connectivity index (χ1v) is 5.92. The number of thiophene rings is 1. The number of nitro groups is 1. The fourth-order valence-corrected chi connectivity index (χ4v) is 2.21. The highest BCUT2D eigenvalue weighted by atomic mass is 32.1. The number of nitrogens with one attached hydrogen (secondary N) is 1. The molecular weight excluding hydrogens is 238 g/mol. The molecule has 0 aliphatic heterocycles. The Morgan fingerprint density at radius 3 is 2.82 bits per heavy atom. The van der Waals surface area contributed by atoms with Crippen molar-refractivity contribution in [2.45, 2.75) is 13.5 Å². The molecule has 0 amide bonds. The van der Waals surface area contributed by atoms with Gasteiger partial charge in [-0.2, -0.15) is 0 Å². The van der Waals surface area contributed by atoms with E-state index < -0.39 is 4.92 Å². The Morgan fingerprint density at radius 2 is 2.29 bits per heavy atom. The van der Waals surface area contributed by atoms with E-state index in [-0.39, 0.29) is 5.82 Å². The van der Waals surface area contributed by atoms with Crippen LogP contribution in [0, 0.1) is 17.0 Å². The first-order chi connectivity index (χ1) is 8.16. The Hall–Kier alpha value is -1.95. The molecule has 0 aromatic carbocycles. The van der Waals surface area contributed by atoms with E-state index in [1.807, 2.05) is 5.38 Å². The summed E-state index contributed by atoms with van der Waals surface area (Å²) in [4.78, 5) is 14.9. The number of aromatic nitrogens is 1.